The van der Waals surface area contributed by atoms with E-state index in [1.54, 1.807) is 0 Å². The van der Waals surface area contributed by atoms with Crippen LogP contribution < -0.4 is 4.72 Å². The number of ether oxygens (including phenoxy) is 1. The van der Waals surface area contributed by atoms with Gasteiger partial charge in [-0.25, -0.2) is 0 Å². The van der Waals surface area contributed by atoms with Crippen molar-refractivity contribution in [3.05, 3.63) is 0 Å². The summed E-state index contributed by atoms with van der Waals surface area (Å²) in [5, 5.41) is 9.27. The second-order valence-electron chi connectivity index (χ2n) is 5.32. The molecule has 1 aliphatic carbocycles. The van der Waals surface area contributed by atoms with Gasteiger partial charge in [-0.2, -0.15) is 17.4 Å². The fourth-order valence-electron chi connectivity index (χ4n) is 2.80. The van der Waals surface area contributed by atoms with Crippen LogP contribution in [-0.4, -0.2) is 56.1 Å². The van der Waals surface area contributed by atoms with Crippen molar-refractivity contribution < 1.29 is 23.1 Å². The smallest absolute Gasteiger partial charge is 0.308 e. The minimum atomic E-state index is -3.63. The van der Waals surface area contributed by atoms with Gasteiger partial charge in [0.25, 0.3) is 10.2 Å². The number of hydrogen-bond acceptors (Lipinski definition) is 4. The number of hydrogen-bond donors (Lipinski definition) is 2. The Balaban J connectivity index is 2.06. The Morgan fingerprint density at radius 2 is 1.80 bits per heavy atom. The number of aliphatic carboxylic acids is 1. The molecule has 0 aromatic rings. The number of nitrogens with zero attached hydrogens (tertiary/aromatic N) is 1. The van der Waals surface area contributed by atoms with Crippen LogP contribution in [0.15, 0.2) is 0 Å². The van der Waals surface area contributed by atoms with Crippen LogP contribution in [0.3, 0.4) is 0 Å². The summed E-state index contributed by atoms with van der Waals surface area (Å²) in [4.78, 5) is 11.3. The molecule has 2 atom stereocenters. The molecule has 1 saturated carbocycles. The van der Waals surface area contributed by atoms with Gasteiger partial charge < -0.3 is 9.84 Å². The maximum Gasteiger partial charge on any atom is 0.308 e. The normalized spacial score (nSPS) is 29.8. The number of rotatable bonds is 4. The van der Waals surface area contributed by atoms with Crippen molar-refractivity contribution in [3.63, 3.8) is 0 Å². The second-order valence-corrected chi connectivity index (χ2v) is 7.03. The molecule has 7 nitrogen and oxygen atoms in total. The van der Waals surface area contributed by atoms with Crippen molar-refractivity contribution in [1.82, 2.24) is 9.03 Å². The zero-order chi connectivity index (χ0) is 14.6. The van der Waals surface area contributed by atoms with Crippen LogP contribution in [0.2, 0.25) is 0 Å². The zero-order valence-electron chi connectivity index (χ0n) is 11.5. The van der Waals surface area contributed by atoms with Crippen molar-refractivity contribution in [1.29, 1.82) is 0 Å². The Morgan fingerprint density at radius 1 is 1.15 bits per heavy atom. The highest BCUT2D eigenvalue weighted by Gasteiger charge is 2.34. The summed E-state index contributed by atoms with van der Waals surface area (Å²) < 4.78 is 33.7. The molecule has 0 spiro atoms. The lowest BCUT2D eigenvalue weighted by atomic mass is 9.96. The van der Waals surface area contributed by atoms with Crippen LogP contribution >= 0.6 is 0 Å². The predicted octanol–water partition coefficient (Wildman–Crippen LogP) is 0.187. The van der Waals surface area contributed by atoms with Gasteiger partial charge in [0.05, 0.1) is 19.1 Å². The highest BCUT2D eigenvalue weighted by molar-refractivity contribution is 7.87. The van der Waals surface area contributed by atoms with Gasteiger partial charge in [-0.05, 0) is 12.8 Å². The summed E-state index contributed by atoms with van der Waals surface area (Å²) >= 11 is 0. The van der Waals surface area contributed by atoms with Gasteiger partial charge in [-0.1, -0.05) is 19.3 Å². The first-order valence-corrected chi connectivity index (χ1v) is 8.52. The summed E-state index contributed by atoms with van der Waals surface area (Å²) in [5.41, 5.74) is 0. The lowest BCUT2D eigenvalue weighted by molar-refractivity contribution is -0.142. The third kappa shape index (κ3) is 3.91. The van der Waals surface area contributed by atoms with E-state index in [0.29, 0.717) is 39.1 Å². The highest BCUT2D eigenvalue weighted by atomic mass is 32.2. The van der Waals surface area contributed by atoms with E-state index in [2.05, 4.69) is 4.72 Å². The molecule has 1 saturated heterocycles. The van der Waals surface area contributed by atoms with E-state index in [9.17, 15) is 18.3 Å². The average molecular weight is 306 g/mol. The summed E-state index contributed by atoms with van der Waals surface area (Å²) in [7, 11) is -3.63. The Labute approximate surface area is 119 Å². The van der Waals surface area contributed by atoms with Crippen molar-refractivity contribution in [2.45, 2.75) is 38.1 Å². The van der Waals surface area contributed by atoms with Crippen LogP contribution in [0, 0.1) is 5.92 Å². The molecule has 2 aliphatic rings. The van der Waals surface area contributed by atoms with Gasteiger partial charge in [0.15, 0.2) is 0 Å². The largest absolute Gasteiger partial charge is 0.481 e. The molecule has 2 N–H and O–H groups in total. The second kappa shape index (κ2) is 6.84. The Kier molecular flexibility index (Phi) is 5.36. The third-order valence-electron chi connectivity index (χ3n) is 3.94. The van der Waals surface area contributed by atoms with Crippen LogP contribution in [0.5, 0.6) is 0 Å². The summed E-state index contributed by atoms with van der Waals surface area (Å²) in [6.45, 7) is 1.40. The van der Waals surface area contributed by atoms with E-state index in [1.165, 1.54) is 4.31 Å². The fourth-order valence-corrected chi connectivity index (χ4v) is 4.24. The molecule has 0 amide bonds. The molecule has 0 aromatic heterocycles. The molecular formula is C12H22N2O5S. The minimum absolute atomic E-state index is 0.319. The molecule has 0 aromatic carbocycles. The molecule has 8 heteroatoms. The molecule has 2 fully saturated rings. The lowest BCUT2D eigenvalue weighted by Crippen LogP contribution is -2.52. The zero-order valence-corrected chi connectivity index (χ0v) is 12.3. The molecule has 116 valence electrons. The fraction of sp³-hybridized carbons (Fsp3) is 0.917. The Hall–Kier alpha value is -0.700. The van der Waals surface area contributed by atoms with Crippen LogP contribution in [0.1, 0.15) is 32.1 Å². The van der Waals surface area contributed by atoms with Crippen molar-refractivity contribution in [3.8, 4) is 0 Å². The van der Waals surface area contributed by atoms with Gasteiger partial charge in [-0.3, -0.25) is 4.79 Å². The van der Waals surface area contributed by atoms with E-state index in [1.807, 2.05) is 0 Å². The molecule has 0 radical (unpaired) electrons. The van der Waals surface area contributed by atoms with E-state index < -0.39 is 28.1 Å². The van der Waals surface area contributed by atoms with Gasteiger partial charge in [0, 0.05) is 19.1 Å². The van der Waals surface area contributed by atoms with Crippen LogP contribution in [0.4, 0.5) is 0 Å². The Morgan fingerprint density at radius 3 is 2.45 bits per heavy atom. The Bertz CT molecular complexity index is 433. The maximum absolute atomic E-state index is 12.3. The van der Waals surface area contributed by atoms with Gasteiger partial charge in [-0.15, -0.1) is 0 Å². The monoisotopic (exact) mass is 306 g/mol. The molecule has 1 aliphatic heterocycles. The molecule has 0 bridgehead atoms. The molecule has 1 heterocycles. The first-order valence-electron chi connectivity index (χ1n) is 7.08. The van der Waals surface area contributed by atoms with Gasteiger partial charge in [0.2, 0.25) is 0 Å². The predicted molar refractivity (Wildman–Crippen MR) is 72.4 cm³/mol. The quantitative estimate of drug-likeness (QED) is 0.723. The number of nitrogens with one attached hydrogen (secondary N) is 1. The SMILES string of the molecule is O=C(O)C1CCCCCC1NS(=O)(=O)N1CCOCC1. The first kappa shape index (κ1) is 15.7. The third-order valence-corrected chi connectivity index (χ3v) is 5.59. The summed E-state index contributed by atoms with van der Waals surface area (Å²) in [6.07, 6.45) is 3.78. The first-order chi connectivity index (χ1) is 9.50. The van der Waals surface area contributed by atoms with Crippen LogP contribution in [0.25, 0.3) is 0 Å². The van der Waals surface area contributed by atoms with Gasteiger partial charge >= 0.3 is 5.97 Å². The average Bonchev–Trinajstić information content (AvgIpc) is 2.65. The van der Waals surface area contributed by atoms with E-state index >= 15 is 0 Å². The van der Waals surface area contributed by atoms with Crippen molar-refractivity contribution >= 4 is 16.2 Å². The highest BCUT2D eigenvalue weighted by Crippen LogP contribution is 2.24. The topological polar surface area (TPSA) is 95.9 Å². The molecule has 2 rings (SSSR count). The van der Waals surface area contributed by atoms with Crippen molar-refractivity contribution in [2.24, 2.45) is 5.92 Å². The number of carboxylic acids is 1. The number of carboxylic acid groups (broad SMARTS) is 1. The molecule has 20 heavy (non-hydrogen) atoms. The van der Waals surface area contributed by atoms with Gasteiger partial charge in [0.1, 0.15) is 0 Å². The maximum atomic E-state index is 12.3. The van der Waals surface area contributed by atoms with Crippen molar-refractivity contribution in [2.75, 3.05) is 26.3 Å². The lowest BCUT2D eigenvalue weighted by Gasteiger charge is -2.30. The van der Waals surface area contributed by atoms with Crippen LogP contribution in [-0.2, 0) is 19.7 Å². The summed E-state index contributed by atoms with van der Waals surface area (Å²) in [6, 6.07) is -0.511. The van der Waals surface area contributed by atoms with E-state index in [0.717, 1.165) is 19.3 Å². The molecule has 2 unspecified atom stereocenters. The standard InChI is InChI=1S/C12H22N2O5S/c15-12(16)10-4-2-1-3-5-11(10)13-20(17,18)14-6-8-19-9-7-14/h10-11,13H,1-9H2,(H,15,16). The molecular weight excluding hydrogens is 284 g/mol. The summed E-state index contributed by atoms with van der Waals surface area (Å²) in [5.74, 6) is -1.55. The number of morpholine rings is 1. The van der Waals surface area contributed by atoms with E-state index in [4.69, 9.17) is 4.74 Å². The minimum Gasteiger partial charge on any atom is -0.481 e. The van der Waals surface area contributed by atoms with E-state index in [-0.39, 0.29) is 0 Å². The number of carbonyl (C=O) groups is 1.